The zero-order valence-corrected chi connectivity index (χ0v) is 9.14. The zero-order chi connectivity index (χ0) is 11.7. The van der Waals surface area contributed by atoms with Crippen molar-refractivity contribution in [2.24, 2.45) is 5.92 Å². The molecule has 0 saturated heterocycles. The molecular weight excluding hydrogens is 206 g/mol. The maximum Gasteiger partial charge on any atom is 0.311 e. The molecule has 0 aromatic heterocycles. The Bertz CT molecular complexity index is 413. The number of anilines is 1. The molecule has 86 valence electrons. The van der Waals surface area contributed by atoms with E-state index in [1.54, 1.807) is 25.3 Å². The highest BCUT2D eigenvalue weighted by Gasteiger charge is 2.38. The number of nitrogen functional groups attached to an aromatic ring is 1. The van der Waals surface area contributed by atoms with Gasteiger partial charge in [-0.15, -0.1) is 0 Å². The SMILES string of the molecule is COc1ccc(N)c(C(C(=O)O)C2CC2)c1. The highest BCUT2D eigenvalue weighted by Crippen LogP contribution is 2.45. The first-order valence-electron chi connectivity index (χ1n) is 5.29. The van der Waals surface area contributed by atoms with Crippen molar-refractivity contribution in [1.82, 2.24) is 0 Å². The summed E-state index contributed by atoms with van der Waals surface area (Å²) in [5.74, 6) is -0.416. The van der Waals surface area contributed by atoms with E-state index in [9.17, 15) is 9.90 Å². The number of carbonyl (C=O) groups is 1. The van der Waals surface area contributed by atoms with E-state index in [4.69, 9.17) is 10.5 Å². The van der Waals surface area contributed by atoms with Gasteiger partial charge in [-0.2, -0.15) is 0 Å². The molecule has 1 unspecified atom stereocenters. The summed E-state index contributed by atoms with van der Waals surface area (Å²) in [6.45, 7) is 0. The summed E-state index contributed by atoms with van der Waals surface area (Å²) in [5.41, 5.74) is 7.03. The van der Waals surface area contributed by atoms with E-state index in [2.05, 4.69) is 0 Å². The van der Waals surface area contributed by atoms with E-state index in [0.29, 0.717) is 17.0 Å². The molecule has 1 aromatic rings. The molecule has 1 aliphatic carbocycles. The van der Waals surface area contributed by atoms with Crippen LogP contribution >= 0.6 is 0 Å². The van der Waals surface area contributed by atoms with Crippen LogP contribution in [0.4, 0.5) is 5.69 Å². The fourth-order valence-corrected chi connectivity index (χ4v) is 1.97. The summed E-state index contributed by atoms with van der Waals surface area (Å²) in [7, 11) is 1.56. The quantitative estimate of drug-likeness (QED) is 0.761. The fraction of sp³-hybridized carbons (Fsp3) is 0.417. The monoisotopic (exact) mass is 221 g/mol. The number of carboxylic acid groups (broad SMARTS) is 1. The number of aliphatic carboxylic acids is 1. The normalized spacial score (nSPS) is 16.8. The van der Waals surface area contributed by atoms with Crippen molar-refractivity contribution in [3.8, 4) is 5.75 Å². The van der Waals surface area contributed by atoms with E-state index >= 15 is 0 Å². The molecule has 0 aliphatic heterocycles. The number of nitrogens with two attached hydrogens (primary N) is 1. The smallest absolute Gasteiger partial charge is 0.311 e. The second-order valence-corrected chi connectivity index (χ2v) is 4.15. The van der Waals surface area contributed by atoms with Crippen LogP contribution in [0, 0.1) is 5.92 Å². The zero-order valence-electron chi connectivity index (χ0n) is 9.14. The van der Waals surface area contributed by atoms with Crippen LogP contribution in [-0.4, -0.2) is 18.2 Å². The Kier molecular flexibility index (Phi) is 2.73. The lowest BCUT2D eigenvalue weighted by atomic mass is 9.93. The largest absolute Gasteiger partial charge is 0.497 e. The van der Waals surface area contributed by atoms with E-state index in [0.717, 1.165) is 12.8 Å². The predicted octanol–water partition coefficient (Wildman–Crippen LogP) is 1.86. The average Bonchev–Trinajstić information content (AvgIpc) is 3.05. The molecule has 1 saturated carbocycles. The summed E-state index contributed by atoms with van der Waals surface area (Å²) >= 11 is 0. The summed E-state index contributed by atoms with van der Waals surface area (Å²) in [5, 5.41) is 9.23. The van der Waals surface area contributed by atoms with Crippen molar-refractivity contribution in [3.05, 3.63) is 23.8 Å². The molecular formula is C12H15NO3. The van der Waals surface area contributed by atoms with Gasteiger partial charge in [0, 0.05) is 5.69 Å². The number of benzene rings is 1. The molecule has 0 bridgehead atoms. The van der Waals surface area contributed by atoms with Gasteiger partial charge in [0.1, 0.15) is 5.75 Å². The molecule has 2 rings (SSSR count). The third kappa shape index (κ3) is 1.96. The molecule has 16 heavy (non-hydrogen) atoms. The maximum atomic E-state index is 11.2. The topological polar surface area (TPSA) is 72.5 Å². The minimum Gasteiger partial charge on any atom is -0.497 e. The van der Waals surface area contributed by atoms with E-state index < -0.39 is 11.9 Å². The van der Waals surface area contributed by atoms with Crippen molar-refractivity contribution in [1.29, 1.82) is 0 Å². The van der Waals surface area contributed by atoms with Gasteiger partial charge in [-0.1, -0.05) is 0 Å². The van der Waals surface area contributed by atoms with Gasteiger partial charge in [-0.25, -0.2) is 0 Å². The van der Waals surface area contributed by atoms with Gasteiger partial charge in [-0.3, -0.25) is 4.79 Å². The van der Waals surface area contributed by atoms with Crippen molar-refractivity contribution in [3.63, 3.8) is 0 Å². The van der Waals surface area contributed by atoms with Gasteiger partial charge >= 0.3 is 5.97 Å². The summed E-state index contributed by atoms with van der Waals surface area (Å²) < 4.78 is 5.09. The Hall–Kier alpha value is -1.71. The van der Waals surface area contributed by atoms with E-state index in [-0.39, 0.29) is 5.92 Å². The number of methoxy groups -OCH3 is 1. The summed E-state index contributed by atoms with van der Waals surface area (Å²) in [6.07, 6.45) is 1.93. The number of carboxylic acids is 1. The first-order valence-corrected chi connectivity index (χ1v) is 5.29. The molecule has 0 heterocycles. The predicted molar refractivity (Wildman–Crippen MR) is 60.5 cm³/mol. The minimum absolute atomic E-state index is 0.229. The first kappa shape index (κ1) is 10.8. The Balaban J connectivity index is 2.39. The molecule has 4 heteroatoms. The van der Waals surface area contributed by atoms with E-state index in [1.807, 2.05) is 0 Å². The highest BCUT2D eigenvalue weighted by molar-refractivity contribution is 5.79. The number of hydrogen-bond donors (Lipinski definition) is 2. The Morgan fingerprint density at radius 2 is 2.25 bits per heavy atom. The standard InChI is InChI=1S/C12H15NO3/c1-16-8-4-5-10(13)9(6-8)11(12(14)15)7-2-3-7/h4-7,11H,2-3,13H2,1H3,(H,14,15). The Morgan fingerprint density at radius 3 is 2.75 bits per heavy atom. The van der Waals surface area contributed by atoms with Gasteiger partial charge in [0.15, 0.2) is 0 Å². The molecule has 0 spiro atoms. The van der Waals surface area contributed by atoms with Gasteiger partial charge in [0.05, 0.1) is 13.0 Å². The number of ether oxygens (including phenoxy) is 1. The maximum absolute atomic E-state index is 11.2. The van der Waals surface area contributed by atoms with Crippen LogP contribution in [0.15, 0.2) is 18.2 Å². The van der Waals surface area contributed by atoms with Crippen LogP contribution in [0.5, 0.6) is 5.75 Å². The van der Waals surface area contributed by atoms with Gasteiger partial charge in [-0.05, 0) is 42.5 Å². The molecule has 1 aliphatic rings. The van der Waals surface area contributed by atoms with E-state index in [1.165, 1.54) is 0 Å². The fourth-order valence-electron chi connectivity index (χ4n) is 1.97. The molecule has 0 radical (unpaired) electrons. The lowest BCUT2D eigenvalue weighted by Crippen LogP contribution is -2.15. The van der Waals surface area contributed by atoms with Crippen LogP contribution in [-0.2, 0) is 4.79 Å². The lowest BCUT2D eigenvalue weighted by molar-refractivity contribution is -0.139. The van der Waals surface area contributed by atoms with Crippen LogP contribution in [0.1, 0.15) is 24.3 Å². The van der Waals surface area contributed by atoms with Crippen molar-refractivity contribution in [2.45, 2.75) is 18.8 Å². The molecule has 1 atom stereocenters. The second-order valence-electron chi connectivity index (χ2n) is 4.15. The molecule has 0 amide bonds. The average molecular weight is 221 g/mol. The van der Waals surface area contributed by atoms with Gasteiger partial charge in [0.2, 0.25) is 0 Å². The molecule has 3 N–H and O–H groups in total. The van der Waals surface area contributed by atoms with Crippen LogP contribution in [0.2, 0.25) is 0 Å². The lowest BCUT2D eigenvalue weighted by Gasteiger charge is -2.15. The van der Waals surface area contributed by atoms with Gasteiger partial charge < -0.3 is 15.6 Å². The van der Waals surface area contributed by atoms with Crippen LogP contribution in [0.25, 0.3) is 0 Å². The molecule has 1 fully saturated rings. The summed E-state index contributed by atoms with van der Waals surface area (Å²) in [6, 6.07) is 5.17. The van der Waals surface area contributed by atoms with Crippen LogP contribution < -0.4 is 10.5 Å². The van der Waals surface area contributed by atoms with Crippen molar-refractivity contribution < 1.29 is 14.6 Å². The third-order valence-electron chi connectivity index (χ3n) is 2.99. The van der Waals surface area contributed by atoms with Crippen LogP contribution in [0.3, 0.4) is 0 Å². The first-order chi connectivity index (χ1) is 7.63. The molecule has 4 nitrogen and oxygen atoms in total. The number of rotatable bonds is 4. The Morgan fingerprint density at radius 1 is 1.56 bits per heavy atom. The van der Waals surface area contributed by atoms with Crippen molar-refractivity contribution in [2.75, 3.05) is 12.8 Å². The highest BCUT2D eigenvalue weighted by atomic mass is 16.5. The minimum atomic E-state index is -0.803. The van der Waals surface area contributed by atoms with Gasteiger partial charge in [0.25, 0.3) is 0 Å². The summed E-state index contributed by atoms with van der Waals surface area (Å²) in [4.78, 5) is 11.2. The van der Waals surface area contributed by atoms with Crippen molar-refractivity contribution >= 4 is 11.7 Å². The molecule has 1 aromatic carbocycles. The third-order valence-corrected chi connectivity index (χ3v) is 2.99. The second kappa shape index (κ2) is 4.04. The Labute approximate surface area is 94.0 Å². The number of hydrogen-bond acceptors (Lipinski definition) is 3.